The SMILES string of the molecule is O=[N+]([O-])C1=CC=CCC1(Cl)[N+](=O)[O-]. The third kappa shape index (κ3) is 1.52. The monoisotopic (exact) mass is 204 g/mol. The van der Waals surface area contributed by atoms with E-state index in [1.54, 1.807) is 0 Å². The minimum Gasteiger partial charge on any atom is -0.262 e. The Balaban J connectivity index is 3.13. The lowest BCUT2D eigenvalue weighted by molar-refractivity contribution is -0.571. The third-order valence-electron chi connectivity index (χ3n) is 1.66. The molecule has 1 unspecified atom stereocenters. The van der Waals surface area contributed by atoms with Crippen LogP contribution >= 0.6 is 11.6 Å². The molecule has 70 valence electrons. The first kappa shape index (κ1) is 9.66. The largest absolute Gasteiger partial charge is 0.386 e. The van der Waals surface area contributed by atoms with Crippen molar-refractivity contribution in [3.63, 3.8) is 0 Å². The minimum absolute atomic E-state index is 0.172. The van der Waals surface area contributed by atoms with E-state index < -0.39 is 20.5 Å². The summed E-state index contributed by atoms with van der Waals surface area (Å²) in [4.78, 5) is 17.1. The van der Waals surface area contributed by atoms with Crippen LogP contribution < -0.4 is 0 Å². The van der Waals surface area contributed by atoms with Crippen LogP contribution in [0.15, 0.2) is 23.9 Å². The van der Waals surface area contributed by atoms with E-state index in [1.165, 1.54) is 12.2 Å². The van der Waals surface area contributed by atoms with Gasteiger partial charge in [0.2, 0.25) is 0 Å². The maximum atomic E-state index is 10.5. The Morgan fingerprint density at radius 2 is 2.08 bits per heavy atom. The lowest BCUT2D eigenvalue weighted by Gasteiger charge is -2.15. The van der Waals surface area contributed by atoms with Gasteiger partial charge in [0.1, 0.15) is 0 Å². The van der Waals surface area contributed by atoms with Crippen molar-refractivity contribution in [2.75, 3.05) is 0 Å². The highest BCUT2D eigenvalue weighted by Gasteiger charge is 2.53. The van der Waals surface area contributed by atoms with Crippen LogP contribution in [0.5, 0.6) is 0 Å². The highest BCUT2D eigenvalue weighted by Crippen LogP contribution is 2.33. The van der Waals surface area contributed by atoms with Gasteiger partial charge in [0.15, 0.2) is 0 Å². The molecule has 0 heterocycles. The number of alkyl halides is 1. The molecule has 1 aliphatic carbocycles. The summed E-state index contributed by atoms with van der Waals surface area (Å²) in [5, 5.41) is 20.9. The lowest BCUT2D eigenvalue weighted by atomic mass is 10.1. The van der Waals surface area contributed by atoms with E-state index in [9.17, 15) is 20.2 Å². The van der Waals surface area contributed by atoms with Crippen LogP contribution in [-0.4, -0.2) is 14.8 Å². The number of nitro groups is 2. The van der Waals surface area contributed by atoms with Gasteiger partial charge in [-0.3, -0.25) is 20.2 Å². The molecular formula is C6H5ClN2O4. The summed E-state index contributed by atoms with van der Waals surface area (Å²) >= 11 is 5.51. The average molecular weight is 205 g/mol. The zero-order valence-corrected chi connectivity index (χ0v) is 7.10. The summed E-state index contributed by atoms with van der Waals surface area (Å²) in [6.07, 6.45) is 3.67. The van der Waals surface area contributed by atoms with Crippen LogP contribution in [0, 0.1) is 20.2 Å². The molecule has 0 spiro atoms. The van der Waals surface area contributed by atoms with Crippen LogP contribution in [-0.2, 0) is 0 Å². The summed E-state index contributed by atoms with van der Waals surface area (Å²) in [6.45, 7) is 0. The Bertz CT molecular complexity index is 325. The molecule has 0 radical (unpaired) electrons. The molecule has 1 atom stereocenters. The van der Waals surface area contributed by atoms with Gasteiger partial charge >= 0.3 is 10.7 Å². The van der Waals surface area contributed by atoms with Crippen molar-refractivity contribution >= 4 is 11.6 Å². The summed E-state index contributed by atoms with van der Waals surface area (Å²) in [5.74, 6) is 0. The standard InChI is InChI=1S/C6H5ClN2O4/c7-6(9(12)13)4-2-1-3-5(6)8(10)11/h1-3H,4H2. The van der Waals surface area contributed by atoms with Gasteiger partial charge in [0, 0.05) is 6.08 Å². The fourth-order valence-corrected chi connectivity index (χ4v) is 1.21. The van der Waals surface area contributed by atoms with Crippen LogP contribution in [0.1, 0.15) is 6.42 Å². The van der Waals surface area contributed by atoms with Crippen molar-refractivity contribution in [3.05, 3.63) is 44.2 Å². The summed E-state index contributed by atoms with van der Waals surface area (Å²) in [6, 6.07) is 0. The van der Waals surface area contributed by atoms with Gasteiger partial charge in [0.05, 0.1) is 16.3 Å². The first-order valence-corrected chi connectivity index (χ1v) is 3.71. The Labute approximate surface area is 77.8 Å². The van der Waals surface area contributed by atoms with Gasteiger partial charge in [-0.1, -0.05) is 12.2 Å². The van der Waals surface area contributed by atoms with E-state index in [-0.39, 0.29) is 6.42 Å². The zero-order chi connectivity index (χ0) is 10.1. The quantitative estimate of drug-likeness (QED) is 0.294. The normalized spacial score (nSPS) is 26.7. The van der Waals surface area contributed by atoms with Crippen molar-refractivity contribution in [1.82, 2.24) is 0 Å². The predicted octanol–water partition coefficient (Wildman–Crippen LogP) is 1.32. The van der Waals surface area contributed by atoms with Crippen molar-refractivity contribution in [2.24, 2.45) is 0 Å². The van der Waals surface area contributed by atoms with Crippen LogP contribution in [0.25, 0.3) is 0 Å². The molecule has 0 aromatic rings. The number of hydrogen-bond acceptors (Lipinski definition) is 4. The van der Waals surface area contributed by atoms with E-state index in [2.05, 4.69) is 0 Å². The van der Waals surface area contributed by atoms with Crippen LogP contribution in [0.2, 0.25) is 0 Å². The molecular weight excluding hydrogens is 200 g/mol. The van der Waals surface area contributed by atoms with Gasteiger partial charge in [-0.05, 0) is 11.6 Å². The van der Waals surface area contributed by atoms with E-state index in [1.807, 2.05) is 0 Å². The van der Waals surface area contributed by atoms with Gasteiger partial charge in [-0.2, -0.15) is 0 Å². The van der Waals surface area contributed by atoms with Crippen LogP contribution in [0.3, 0.4) is 0 Å². The summed E-state index contributed by atoms with van der Waals surface area (Å²) < 4.78 is 0. The third-order valence-corrected chi connectivity index (χ3v) is 2.14. The minimum atomic E-state index is -2.11. The Morgan fingerprint density at radius 1 is 1.46 bits per heavy atom. The molecule has 0 amide bonds. The molecule has 0 saturated carbocycles. The Hall–Kier alpha value is -1.43. The smallest absolute Gasteiger partial charge is 0.262 e. The summed E-state index contributed by atoms with van der Waals surface area (Å²) in [7, 11) is 0. The number of halogens is 1. The molecule has 0 aromatic heterocycles. The average Bonchev–Trinajstić information content (AvgIpc) is 2.04. The highest BCUT2D eigenvalue weighted by atomic mass is 35.5. The van der Waals surface area contributed by atoms with E-state index in [0.29, 0.717) is 0 Å². The van der Waals surface area contributed by atoms with Gasteiger partial charge in [-0.15, -0.1) is 0 Å². The fourth-order valence-electron chi connectivity index (χ4n) is 0.984. The number of hydrogen-bond donors (Lipinski definition) is 0. The molecule has 0 aliphatic heterocycles. The molecule has 6 nitrogen and oxygen atoms in total. The zero-order valence-electron chi connectivity index (χ0n) is 6.34. The van der Waals surface area contributed by atoms with E-state index in [4.69, 9.17) is 11.6 Å². The molecule has 0 fully saturated rings. The second kappa shape index (κ2) is 3.14. The highest BCUT2D eigenvalue weighted by molar-refractivity contribution is 6.24. The molecule has 0 saturated heterocycles. The maximum Gasteiger partial charge on any atom is 0.386 e. The van der Waals surface area contributed by atoms with Gasteiger partial charge < -0.3 is 0 Å². The summed E-state index contributed by atoms with van der Waals surface area (Å²) in [5.41, 5.74) is -0.596. The molecule has 0 bridgehead atoms. The first-order chi connectivity index (χ1) is 5.98. The first-order valence-electron chi connectivity index (χ1n) is 3.33. The Morgan fingerprint density at radius 3 is 2.46 bits per heavy atom. The topological polar surface area (TPSA) is 86.3 Å². The molecule has 13 heavy (non-hydrogen) atoms. The van der Waals surface area contributed by atoms with Crippen LogP contribution in [0.4, 0.5) is 0 Å². The lowest BCUT2D eigenvalue weighted by Crippen LogP contribution is -2.37. The molecule has 1 rings (SSSR count). The maximum absolute atomic E-state index is 10.5. The van der Waals surface area contributed by atoms with Crippen molar-refractivity contribution in [2.45, 2.75) is 11.4 Å². The van der Waals surface area contributed by atoms with Gasteiger partial charge in [-0.25, -0.2) is 0 Å². The molecule has 1 aliphatic rings. The van der Waals surface area contributed by atoms with Crippen molar-refractivity contribution in [3.8, 4) is 0 Å². The van der Waals surface area contributed by atoms with Crippen molar-refractivity contribution < 1.29 is 9.85 Å². The molecule has 7 heteroatoms. The number of nitrogens with zero attached hydrogens (tertiary/aromatic N) is 2. The second-order valence-corrected chi connectivity index (χ2v) is 3.08. The fraction of sp³-hybridized carbons (Fsp3) is 0.333. The Kier molecular flexibility index (Phi) is 2.33. The van der Waals surface area contributed by atoms with E-state index >= 15 is 0 Å². The predicted molar refractivity (Wildman–Crippen MR) is 44.4 cm³/mol. The number of rotatable bonds is 2. The van der Waals surface area contributed by atoms with Crippen molar-refractivity contribution in [1.29, 1.82) is 0 Å². The van der Waals surface area contributed by atoms with E-state index in [0.717, 1.165) is 6.08 Å². The van der Waals surface area contributed by atoms with Gasteiger partial charge in [0.25, 0.3) is 0 Å². The second-order valence-electron chi connectivity index (χ2n) is 2.46. The number of allylic oxidation sites excluding steroid dienone is 2. The molecule has 0 aromatic carbocycles. The molecule has 0 N–H and O–H groups in total.